The number of likely N-dealkylation sites (N-methyl/N-ethyl adjacent to an activating group) is 1. The summed E-state index contributed by atoms with van der Waals surface area (Å²) in [6.45, 7) is 10.0. The third kappa shape index (κ3) is 6.37. The van der Waals surface area contributed by atoms with Gasteiger partial charge in [-0.3, -0.25) is 9.59 Å². The van der Waals surface area contributed by atoms with Gasteiger partial charge in [-0.15, -0.1) is 0 Å². The van der Waals surface area contributed by atoms with Crippen LogP contribution >= 0.6 is 23.2 Å². The standard InChI is InChI=1S/C24H30Cl2N2O3/c1-6-21(24(30)27-7-2)28(13-18-19(25)9-8-10-20(18)26)23(29)14-31-22-12-15(3)11-16(4)17(22)5/h8-12,21H,6-7,13-14H2,1-5H3,(H,27,30)/t21-/m0/s1. The first-order valence-corrected chi connectivity index (χ1v) is 11.2. The second kappa shape index (κ2) is 11.4. The molecule has 168 valence electrons. The van der Waals surface area contributed by atoms with E-state index >= 15 is 0 Å². The number of carbonyl (C=O) groups excluding carboxylic acids is 2. The van der Waals surface area contributed by atoms with Crippen LogP contribution in [0, 0.1) is 20.8 Å². The molecule has 7 heteroatoms. The summed E-state index contributed by atoms with van der Waals surface area (Å²) in [5.41, 5.74) is 3.73. The largest absolute Gasteiger partial charge is 0.483 e. The number of aryl methyl sites for hydroxylation is 2. The Balaban J connectivity index is 2.32. The van der Waals surface area contributed by atoms with Crippen LogP contribution in [0.4, 0.5) is 0 Å². The van der Waals surface area contributed by atoms with Gasteiger partial charge in [0.05, 0.1) is 0 Å². The monoisotopic (exact) mass is 464 g/mol. The highest BCUT2D eigenvalue weighted by Crippen LogP contribution is 2.28. The molecule has 31 heavy (non-hydrogen) atoms. The van der Waals surface area contributed by atoms with Gasteiger partial charge < -0.3 is 15.0 Å². The SMILES string of the molecule is CCNC(=O)[C@H](CC)N(Cc1c(Cl)cccc1Cl)C(=O)COc1cc(C)cc(C)c1C. The van der Waals surface area contributed by atoms with E-state index in [4.69, 9.17) is 27.9 Å². The molecule has 0 radical (unpaired) electrons. The third-order valence-electron chi connectivity index (χ3n) is 5.24. The van der Waals surface area contributed by atoms with Gasteiger partial charge in [-0.1, -0.05) is 42.3 Å². The summed E-state index contributed by atoms with van der Waals surface area (Å²) < 4.78 is 5.88. The van der Waals surface area contributed by atoms with Crippen molar-refractivity contribution in [3.63, 3.8) is 0 Å². The van der Waals surface area contributed by atoms with E-state index in [0.29, 0.717) is 34.3 Å². The van der Waals surface area contributed by atoms with Crippen LogP contribution in [0.3, 0.4) is 0 Å². The average molecular weight is 465 g/mol. The zero-order valence-corrected chi connectivity index (χ0v) is 20.2. The number of ether oxygens (including phenoxy) is 1. The zero-order chi connectivity index (χ0) is 23.1. The van der Waals surface area contributed by atoms with Gasteiger partial charge in [0.15, 0.2) is 6.61 Å². The predicted molar refractivity (Wildman–Crippen MR) is 126 cm³/mol. The fourth-order valence-electron chi connectivity index (χ4n) is 3.44. The van der Waals surface area contributed by atoms with Crippen LogP contribution in [0.15, 0.2) is 30.3 Å². The van der Waals surface area contributed by atoms with E-state index < -0.39 is 6.04 Å². The van der Waals surface area contributed by atoms with Crippen molar-refractivity contribution in [2.45, 2.75) is 53.6 Å². The number of benzene rings is 2. The van der Waals surface area contributed by atoms with Gasteiger partial charge in [-0.05, 0) is 69.0 Å². The van der Waals surface area contributed by atoms with Crippen LogP contribution in [0.2, 0.25) is 10.0 Å². The third-order valence-corrected chi connectivity index (χ3v) is 5.95. The van der Waals surface area contributed by atoms with Crippen LogP contribution in [-0.2, 0) is 16.1 Å². The van der Waals surface area contributed by atoms with Gasteiger partial charge >= 0.3 is 0 Å². The van der Waals surface area contributed by atoms with E-state index in [2.05, 4.69) is 11.4 Å². The lowest BCUT2D eigenvalue weighted by molar-refractivity contribution is -0.142. The van der Waals surface area contributed by atoms with Crippen molar-refractivity contribution in [1.29, 1.82) is 0 Å². The minimum Gasteiger partial charge on any atom is -0.483 e. The highest BCUT2D eigenvalue weighted by molar-refractivity contribution is 6.36. The van der Waals surface area contributed by atoms with Crippen molar-refractivity contribution in [1.82, 2.24) is 10.2 Å². The number of nitrogens with zero attached hydrogens (tertiary/aromatic N) is 1. The molecular weight excluding hydrogens is 435 g/mol. The lowest BCUT2D eigenvalue weighted by Gasteiger charge is -2.31. The summed E-state index contributed by atoms with van der Waals surface area (Å²) in [5, 5.41) is 3.70. The summed E-state index contributed by atoms with van der Waals surface area (Å²) in [5.74, 6) is 0.129. The second-order valence-corrected chi connectivity index (χ2v) is 8.35. The summed E-state index contributed by atoms with van der Waals surface area (Å²) in [7, 11) is 0. The average Bonchev–Trinajstić information content (AvgIpc) is 2.71. The molecule has 0 fully saturated rings. The molecule has 0 heterocycles. The molecule has 2 rings (SSSR count). The fraction of sp³-hybridized carbons (Fsp3) is 0.417. The summed E-state index contributed by atoms with van der Waals surface area (Å²) in [6.07, 6.45) is 0.447. The van der Waals surface area contributed by atoms with Crippen molar-refractivity contribution >= 4 is 35.0 Å². The van der Waals surface area contributed by atoms with Gasteiger partial charge in [-0.25, -0.2) is 0 Å². The van der Waals surface area contributed by atoms with Crippen molar-refractivity contribution < 1.29 is 14.3 Å². The van der Waals surface area contributed by atoms with E-state index in [1.807, 2.05) is 40.7 Å². The maximum absolute atomic E-state index is 13.3. The van der Waals surface area contributed by atoms with E-state index in [0.717, 1.165) is 16.7 Å². The van der Waals surface area contributed by atoms with Crippen LogP contribution in [0.1, 0.15) is 42.5 Å². The van der Waals surface area contributed by atoms with Crippen LogP contribution in [0.5, 0.6) is 5.75 Å². The molecule has 1 N–H and O–H groups in total. The second-order valence-electron chi connectivity index (χ2n) is 7.53. The first kappa shape index (κ1) is 25.0. The summed E-state index contributed by atoms with van der Waals surface area (Å²) in [6, 6.07) is 8.49. The molecule has 0 aliphatic heterocycles. The van der Waals surface area contributed by atoms with Crippen LogP contribution in [0.25, 0.3) is 0 Å². The number of hydrogen-bond acceptors (Lipinski definition) is 3. The number of amides is 2. The van der Waals surface area contributed by atoms with E-state index in [1.165, 1.54) is 4.90 Å². The Morgan fingerprint density at radius 3 is 2.32 bits per heavy atom. The lowest BCUT2D eigenvalue weighted by atomic mass is 10.1. The molecule has 0 unspecified atom stereocenters. The zero-order valence-electron chi connectivity index (χ0n) is 18.7. The predicted octanol–water partition coefficient (Wildman–Crippen LogP) is 5.24. The Labute approximate surface area is 194 Å². The van der Waals surface area contributed by atoms with Crippen molar-refractivity contribution in [3.05, 3.63) is 62.6 Å². The van der Waals surface area contributed by atoms with Crippen LogP contribution in [-0.4, -0.2) is 35.9 Å². The Morgan fingerprint density at radius 1 is 1.10 bits per heavy atom. The van der Waals surface area contributed by atoms with Crippen molar-refractivity contribution in [2.75, 3.05) is 13.2 Å². The van der Waals surface area contributed by atoms with E-state index in [-0.39, 0.29) is 25.0 Å². The maximum atomic E-state index is 13.3. The number of nitrogens with one attached hydrogen (secondary N) is 1. The number of hydrogen-bond donors (Lipinski definition) is 1. The molecule has 0 aliphatic carbocycles. The van der Waals surface area contributed by atoms with Gasteiger partial charge in [-0.2, -0.15) is 0 Å². The molecule has 0 spiro atoms. The lowest BCUT2D eigenvalue weighted by Crippen LogP contribution is -2.50. The number of carbonyl (C=O) groups is 2. The molecule has 0 saturated carbocycles. The maximum Gasteiger partial charge on any atom is 0.261 e. The Hall–Kier alpha value is -2.24. The molecule has 0 saturated heterocycles. The van der Waals surface area contributed by atoms with Gasteiger partial charge in [0, 0.05) is 28.7 Å². The summed E-state index contributed by atoms with van der Waals surface area (Å²) in [4.78, 5) is 27.5. The minimum atomic E-state index is -0.663. The highest BCUT2D eigenvalue weighted by atomic mass is 35.5. The van der Waals surface area contributed by atoms with Gasteiger partial charge in [0.2, 0.25) is 5.91 Å². The smallest absolute Gasteiger partial charge is 0.261 e. The molecule has 0 bridgehead atoms. The summed E-state index contributed by atoms with van der Waals surface area (Å²) >= 11 is 12.7. The molecule has 0 aromatic heterocycles. The van der Waals surface area contributed by atoms with Crippen LogP contribution < -0.4 is 10.1 Å². The molecule has 0 aliphatic rings. The first-order valence-electron chi connectivity index (χ1n) is 10.4. The fourth-order valence-corrected chi connectivity index (χ4v) is 3.96. The van der Waals surface area contributed by atoms with Gasteiger partial charge in [0.25, 0.3) is 5.91 Å². The Kier molecular flexibility index (Phi) is 9.20. The first-order chi connectivity index (χ1) is 14.7. The quantitative estimate of drug-likeness (QED) is 0.551. The van der Waals surface area contributed by atoms with E-state index in [9.17, 15) is 9.59 Å². The molecule has 2 aromatic rings. The van der Waals surface area contributed by atoms with E-state index in [1.54, 1.807) is 18.2 Å². The Morgan fingerprint density at radius 2 is 1.74 bits per heavy atom. The van der Waals surface area contributed by atoms with Gasteiger partial charge in [0.1, 0.15) is 11.8 Å². The molecular formula is C24H30Cl2N2O3. The molecule has 2 amide bonds. The highest BCUT2D eigenvalue weighted by Gasteiger charge is 2.29. The molecule has 1 atom stereocenters. The molecule has 2 aromatic carbocycles. The molecule has 5 nitrogen and oxygen atoms in total. The number of rotatable bonds is 9. The topological polar surface area (TPSA) is 58.6 Å². The van der Waals surface area contributed by atoms with Crippen molar-refractivity contribution in [3.8, 4) is 5.75 Å². The minimum absolute atomic E-state index is 0.113. The normalized spacial score (nSPS) is 11.7. The van der Waals surface area contributed by atoms with Crippen molar-refractivity contribution in [2.24, 2.45) is 0 Å². The Bertz CT molecular complexity index is 926. The number of halogens is 2.